The van der Waals surface area contributed by atoms with Gasteiger partial charge < -0.3 is 10.1 Å². The topological polar surface area (TPSA) is 24.5 Å². The molecule has 2 saturated heterocycles. The van der Waals surface area contributed by atoms with E-state index in [1.807, 2.05) is 0 Å². The summed E-state index contributed by atoms with van der Waals surface area (Å²) < 4.78 is 5.38. The highest BCUT2D eigenvalue weighted by Crippen LogP contribution is 2.20. The zero-order valence-corrected chi connectivity index (χ0v) is 9.33. The predicted octanol–water partition coefficient (Wildman–Crippen LogP) is 0.705. The maximum atomic E-state index is 5.38. The maximum Gasteiger partial charge on any atom is 0.0594 e. The average molecular weight is 198 g/mol. The molecule has 3 unspecified atom stereocenters. The minimum atomic E-state index is 0.687. The highest BCUT2D eigenvalue weighted by molar-refractivity contribution is 4.86. The fourth-order valence-corrected chi connectivity index (χ4v) is 2.46. The van der Waals surface area contributed by atoms with Crippen LogP contribution in [-0.4, -0.2) is 49.8 Å². The van der Waals surface area contributed by atoms with Crippen LogP contribution >= 0.6 is 0 Å². The molecule has 3 atom stereocenters. The molecule has 0 saturated carbocycles. The monoisotopic (exact) mass is 198 g/mol. The van der Waals surface area contributed by atoms with E-state index in [-0.39, 0.29) is 0 Å². The number of piperidine rings is 1. The Morgan fingerprint density at radius 2 is 1.93 bits per heavy atom. The summed E-state index contributed by atoms with van der Waals surface area (Å²) >= 11 is 0. The fraction of sp³-hybridized carbons (Fsp3) is 1.00. The van der Waals surface area contributed by atoms with Gasteiger partial charge in [0.15, 0.2) is 0 Å². The first kappa shape index (κ1) is 10.4. The van der Waals surface area contributed by atoms with Crippen LogP contribution in [0.4, 0.5) is 0 Å². The van der Waals surface area contributed by atoms with Crippen molar-refractivity contribution in [2.24, 2.45) is 5.92 Å². The number of hydrogen-bond acceptors (Lipinski definition) is 3. The number of morpholine rings is 1. The summed E-state index contributed by atoms with van der Waals surface area (Å²) in [6.07, 6.45) is 1.34. The second kappa shape index (κ2) is 4.60. The number of rotatable bonds is 1. The quantitative estimate of drug-likeness (QED) is 0.671. The Morgan fingerprint density at radius 3 is 2.57 bits per heavy atom. The van der Waals surface area contributed by atoms with E-state index in [4.69, 9.17) is 4.74 Å². The summed E-state index contributed by atoms with van der Waals surface area (Å²) in [5.74, 6) is 0.802. The minimum absolute atomic E-state index is 0.687. The van der Waals surface area contributed by atoms with E-state index in [0.29, 0.717) is 6.04 Å². The molecule has 0 bridgehead atoms. The first-order valence-corrected chi connectivity index (χ1v) is 5.82. The Balaban J connectivity index is 1.85. The van der Waals surface area contributed by atoms with Crippen molar-refractivity contribution in [3.63, 3.8) is 0 Å². The van der Waals surface area contributed by atoms with E-state index in [0.717, 1.165) is 44.8 Å². The van der Waals surface area contributed by atoms with Crippen LogP contribution in [0.15, 0.2) is 0 Å². The minimum Gasteiger partial charge on any atom is -0.379 e. The molecule has 2 aliphatic rings. The van der Waals surface area contributed by atoms with E-state index < -0.39 is 0 Å². The van der Waals surface area contributed by atoms with Crippen LogP contribution in [0.1, 0.15) is 20.3 Å². The molecule has 0 radical (unpaired) electrons. The second-order valence-corrected chi connectivity index (χ2v) is 4.71. The molecule has 0 aromatic heterocycles. The van der Waals surface area contributed by atoms with Gasteiger partial charge in [0.25, 0.3) is 0 Å². The maximum absolute atomic E-state index is 5.38. The van der Waals surface area contributed by atoms with Crippen LogP contribution in [-0.2, 0) is 4.74 Å². The van der Waals surface area contributed by atoms with E-state index in [1.54, 1.807) is 0 Å². The van der Waals surface area contributed by atoms with Gasteiger partial charge in [-0.2, -0.15) is 0 Å². The molecule has 14 heavy (non-hydrogen) atoms. The van der Waals surface area contributed by atoms with Gasteiger partial charge in [0.1, 0.15) is 0 Å². The van der Waals surface area contributed by atoms with Gasteiger partial charge in [-0.3, -0.25) is 4.90 Å². The molecule has 0 aromatic carbocycles. The third kappa shape index (κ3) is 2.27. The molecule has 1 N–H and O–H groups in total. The summed E-state index contributed by atoms with van der Waals surface area (Å²) in [4.78, 5) is 2.58. The van der Waals surface area contributed by atoms with Crippen molar-refractivity contribution < 1.29 is 4.74 Å². The van der Waals surface area contributed by atoms with Gasteiger partial charge in [-0.1, -0.05) is 6.92 Å². The molecule has 0 aliphatic carbocycles. The lowest BCUT2D eigenvalue weighted by Gasteiger charge is -2.41. The fourth-order valence-electron chi connectivity index (χ4n) is 2.46. The van der Waals surface area contributed by atoms with Gasteiger partial charge in [0.05, 0.1) is 13.2 Å². The van der Waals surface area contributed by atoms with Crippen LogP contribution in [0.5, 0.6) is 0 Å². The smallest absolute Gasteiger partial charge is 0.0594 e. The molecule has 3 heteroatoms. The van der Waals surface area contributed by atoms with Gasteiger partial charge >= 0.3 is 0 Å². The SMILES string of the molecule is CC1CC(N2CCOCC2)CNC1C. The largest absolute Gasteiger partial charge is 0.379 e. The zero-order valence-electron chi connectivity index (χ0n) is 9.33. The van der Waals surface area contributed by atoms with Crippen molar-refractivity contribution in [3.8, 4) is 0 Å². The lowest BCUT2D eigenvalue weighted by Crippen LogP contribution is -2.54. The average Bonchev–Trinajstić information content (AvgIpc) is 2.23. The molecular formula is C11H22N2O. The molecule has 2 heterocycles. The molecule has 0 spiro atoms. The van der Waals surface area contributed by atoms with Crippen LogP contribution in [0, 0.1) is 5.92 Å². The van der Waals surface area contributed by atoms with Gasteiger partial charge in [-0.15, -0.1) is 0 Å². The number of hydrogen-bond donors (Lipinski definition) is 1. The molecule has 2 aliphatic heterocycles. The lowest BCUT2D eigenvalue weighted by molar-refractivity contribution is 0.00410. The predicted molar refractivity (Wildman–Crippen MR) is 57.4 cm³/mol. The molecule has 82 valence electrons. The standard InChI is InChI=1S/C11H22N2O/c1-9-7-11(8-12-10(9)2)13-3-5-14-6-4-13/h9-12H,3-8H2,1-2H3. The Labute approximate surface area is 86.8 Å². The Morgan fingerprint density at radius 1 is 1.21 bits per heavy atom. The van der Waals surface area contributed by atoms with E-state index in [2.05, 4.69) is 24.1 Å². The van der Waals surface area contributed by atoms with Crippen LogP contribution < -0.4 is 5.32 Å². The molecule has 3 nitrogen and oxygen atoms in total. The molecular weight excluding hydrogens is 176 g/mol. The number of nitrogens with one attached hydrogen (secondary N) is 1. The Hall–Kier alpha value is -0.120. The van der Waals surface area contributed by atoms with Crippen LogP contribution in [0.3, 0.4) is 0 Å². The molecule has 0 aromatic rings. The lowest BCUT2D eigenvalue weighted by atomic mass is 9.90. The van der Waals surface area contributed by atoms with Crippen LogP contribution in [0.2, 0.25) is 0 Å². The molecule has 0 amide bonds. The Bertz CT molecular complexity index is 180. The number of nitrogens with zero attached hydrogens (tertiary/aromatic N) is 1. The summed E-state index contributed by atoms with van der Waals surface area (Å²) in [6.45, 7) is 9.87. The normalized spacial score (nSPS) is 41.1. The summed E-state index contributed by atoms with van der Waals surface area (Å²) in [6, 6.07) is 1.43. The van der Waals surface area contributed by atoms with Crippen molar-refractivity contribution in [1.29, 1.82) is 0 Å². The Kier molecular flexibility index (Phi) is 3.42. The first-order valence-electron chi connectivity index (χ1n) is 5.82. The first-order chi connectivity index (χ1) is 6.77. The highest BCUT2D eigenvalue weighted by Gasteiger charge is 2.28. The van der Waals surface area contributed by atoms with Crippen molar-refractivity contribution >= 4 is 0 Å². The summed E-state index contributed by atoms with van der Waals surface area (Å²) in [5.41, 5.74) is 0. The van der Waals surface area contributed by atoms with Gasteiger partial charge in [0.2, 0.25) is 0 Å². The van der Waals surface area contributed by atoms with E-state index >= 15 is 0 Å². The van der Waals surface area contributed by atoms with E-state index in [9.17, 15) is 0 Å². The van der Waals surface area contributed by atoms with Gasteiger partial charge in [0, 0.05) is 31.7 Å². The summed E-state index contributed by atoms with van der Waals surface area (Å²) in [5, 5.41) is 3.60. The van der Waals surface area contributed by atoms with Gasteiger partial charge in [-0.05, 0) is 19.3 Å². The van der Waals surface area contributed by atoms with Crippen molar-refractivity contribution in [1.82, 2.24) is 10.2 Å². The third-order valence-corrected chi connectivity index (χ3v) is 3.73. The van der Waals surface area contributed by atoms with Crippen molar-refractivity contribution in [2.75, 3.05) is 32.8 Å². The molecule has 2 rings (SSSR count). The third-order valence-electron chi connectivity index (χ3n) is 3.73. The summed E-state index contributed by atoms with van der Waals surface area (Å²) in [7, 11) is 0. The van der Waals surface area contributed by atoms with Crippen molar-refractivity contribution in [2.45, 2.75) is 32.4 Å². The zero-order chi connectivity index (χ0) is 9.97. The van der Waals surface area contributed by atoms with Crippen LogP contribution in [0.25, 0.3) is 0 Å². The van der Waals surface area contributed by atoms with E-state index in [1.165, 1.54) is 6.42 Å². The highest BCUT2D eigenvalue weighted by atomic mass is 16.5. The molecule has 2 fully saturated rings. The van der Waals surface area contributed by atoms with Gasteiger partial charge in [-0.25, -0.2) is 0 Å². The van der Waals surface area contributed by atoms with Crippen molar-refractivity contribution in [3.05, 3.63) is 0 Å². The second-order valence-electron chi connectivity index (χ2n) is 4.71. The number of ether oxygens (including phenoxy) is 1.